The zero-order chi connectivity index (χ0) is 10.2. The fourth-order valence-electron chi connectivity index (χ4n) is 0.746. The third-order valence-electron chi connectivity index (χ3n) is 1.43. The van der Waals surface area contributed by atoms with Crippen LogP contribution in [0.15, 0.2) is 5.18 Å². The Morgan fingerprint density at radius 3 is 1.77 bits per heavy atom. The molecule has 70 valence electrons. The van der Waals surface area contributed by atoms with Gasteiger partial charge in [-0.2, -0.15) is 9.46 Å². The molecule has 9 nitrogen and oxygen atoms in total. The summed E-state index contributed by atoms with van der Waals surface area (Å²) in [4.78, 5) is 10.1. The van der Waals surface area contributed by atoms with E-state index >= 15 is 0 Å². The molecule has 0 unspecified atom stereocenters. The summed E-state index contributed by atoms with van der Waals surface area (Å²) in [6, 6.07) is 0. The molecule has 0 amide bonds. The van der Waals surface area contributed by atoms with Gasteiger partial charge < -0.3 is 16.1 Å². The molecule has 0 radical (unpaired) electrons. The smallest absolute Gasteiger partial charge is 0.451 e. The molecule has 9 heteroatoms. The van der Waals surface area contributed by atoms with Crippen LogP contribution in [0.3, 0.4) is 0 Å². The Morgan fingerprint density at radius 1 is 1.08 bits per heavy atom. The Morgan fingerprint density at radius 2 is 1.46 bits per heavy atom. The third kappa shape index (κ3) is 1.02. The molecule has 1 aromatic rings. The van der Waals surface area contributed by atoms with Crippen LogP contribution in [0.2, 0.25) is 0 Å². The Labute approximate surface area is 71.5 Å². The molecule has 0 atom stereocenters. The van der Waals surface area contributed by atoms with Crippen molar-refractivity contribution in [2.45, 2.75) is 0 Å². The SMILES string of the molecule is Nc1c(N=O)c(N)[n+]([O-])c(N)[n+]1[O-]. The van der Waals surface area contributed by atoms with Gasteiger partial charge in [-0.25, -0.2) is 5.73 Å². The molecule has 0 aliphatic carbocycles. The number of nitrogens with zero attached hydrogens (tertiary/aromatic N) is 3. The summed E-state index contributed by atoms with van der Waals surface area (Å²) < 4.78 is -0.250. The van der Waals surface area contributed by atoms with Gasteiger partial charge in [0.05, 0.1) is 0 Å². The van der Waals surface area contributed by atoms with E-state index in [0.29, 0.717) is 0 Å². The number of hydrogen-bond donors (Lipinski definition) is 3. The second kappa shape index (κ2) is 2.62. The highest BCUT2D eigenvalue weighted by molar-refractivity contribution is 5.65. The van der Waals surface area contributed by atoms with Crippen molar-refractivity contribution in [3.8, 4) is 0 Å². The number of anilines is 3. The molecule has 0 aromatic carbocycles. The quantitative estimate of drug-likeness (QED) is 0.263. The van der Waals surface area contributed by atoms with Gasteiger partial charge in [0.1, 0.15) is 0 Å². The third-order valence-corrected chi connectivity index (χ3v) is 1.43. The topological polar surface area (TPSA) is 161 Å². The number of hydrogen-bond acceptors (Lipinski definition) is 7. The number of nitrogen functional groups attached to an aromatic ring is 3. The predicted octanol–water partition coefficient (Wildman–Crippen LogP) is -1.90. The fraction of sp³-hybridized carbons (Fsp3) is 0. The van der Waals surface area contributed by atoms with Crippen molar-refractivity contribution in [2.24, 2.45) is 5.18 Å². The van der Waals surface area contributed by atoms with E-state index in [1.165, 1.54) is 0 Å². The maximum atomic E-state index is 10.9. The van der Waals surface area contributed by atoms with E-state index < -0.39 is 23.3 Å². The van der Waals surface area contributed by atoms with Crippen molar-refractivity contribution in [3.05, 3.63) is 15.3 Å². The van der Waals surface area contributed by atoms with Gasteiger partial charge in [0.2, 0.25) is 5.82 Å². The Kier molecular flexibility index (Phi) is 1.77. The zero-order valence-corrected chi connectivity index (χ0v) is 6.30. The summed E-state index contributed by atoms with van der Waals surface area (Å²) in [5, 5.41) is 24.2. The first-order chi connectivity index (χ1) is 6.00. The second-order valence-corrected chi connectivity index (χ2v) is 2.16. The second-order valence-electron chi connectivity index (χ2n) is 2.16. The lowest BCUT2D eigenvalue weighted by Crippen LogP contribution is -2.49. The number of rotatable bonds is 1. The van der Waals surface area contributed by atoms with Gasteiger partial charge in [-0.1, -0.05) is 0 Å². The van der Waals surface area contributed by atoms with E-state index in [1.54, 1.807) is 0 Å². The van der Waals surface area contributed by atoms with Crippen LogP contribution in [0.25, 0.3) is 0 Å². The van der Waals surface area contributed by atoms with Gasteiger partial charge in [0.25, 0.3) is 5.69 Å². The molecular formula is C4H6N6O3. The minimum Gasteiger partial charge on any atom is -0.706 e. The molecule has 0 fully saturated rings. The van der Waals surface area contributed by atoms with Crippen molar-refractivity contribution in [2.75, 3.05) is 17.2 Å². The molecule has 1 aromatic heterocycles. The van der Waals surface area contributed by atoms with Gasteiger partial charge in [0.15, 0.2) is 0 Å². The van der Waals surface area contributed by atoms with Crippen LogP contribution in [-0.2, 0) is 0 Å². The summed E-state index contributed by atoms with van der Waals surface area (Å²) in [6.07, 6.45) is 0. The fourth-order valence-corrected chi connectivity index (χ4v) is 0.746. The summed E-state index contributed by atoms with van der Waals surface area (Å²) in [7, 11) is 0. The Hall–Kier alpha value is -2.32. The minimum absolute atomic E-state index is 0.125. The standard InChI is InChI=1S/C4H6N6O3/c5-2-1(8-11)3(6)10(13)4(7)9(2)12/h5-7H2. The van der Waals surface area contributed by atoms with Crippen molar-refractivity contribution in [1.82, 2.24) is 0 Å². The lowest BCUT2D eigenvalue weighted by molar-refractivity contribution is -0.701. The lowest BCUT2D eigenvalue weighted by atomic mass is 10.4. The highest BCUT2D eigenvalue weighted by Crippen LogP contribution is 2.22. The number of nitrogens with two attached hydrogens (primary N) is 3. The van der Waals surface area contributed by atoms with Crippen LogP contribution >= 0.6 is 0 Å². The number of aromatic nitrogens is 2. The monoisotopic (exact) mass is 186 g/mol. The molecule has 0 saturated heterocycles. The van der Waals surface area contributed by atoms with Gasteiger partial charge in [-0.3, -0.25) is 5.73 Å². The van der Waals surface area contributed by atoms with Crippen LogP contribution in [0.1, 0.15) is 0 Å². The summed E-state index contributed by atoms with van der Waals surface area (Å²) in [5.74, 6) is -1.96. The molecule has 0 aliphatic rings. The first-order valence-electron chi connectivity index (χ1n) is 3.03. The molecule has 6 N–H and O–H groups in total. The summed E-state index contributed by atoms with van der Waals surface area (Å²) >= 11 is 0. The first kappa shape index (κ1) is 8.77. The van der Waals surface area contributed by atoms with E-state index in [4.69, 9.17) is 17.2 Å². The Balaban J connectivity index is 3.66. The maximum absolute atomic E-state index is 10.9. The van der Waals surface area contributed by atoms with E-state index in [-0.39, 0.29) is 9.46 Å². The van der Waals surface area contributed by atoms with Crippen molar-refractivity contribution >= 4 is 23.3 Å². The minimum atomic E-state index is -0.762. The maximum Gasteiger partial charge on any atom is 0.451 e. The van der Waals surface area contributed by atoms with Crippen LogP contribution < -0.4 is 26.7 Å². The summed E-state index contributed by atoms with van der Waals surface area (Å²) in [6.45, 7) is 0. The van der Waals surface area contributed by atoms with Crippen LogP contribution in [-0.4, -0.2) is 0 Å². The van der Waals surface area contributed by atoms with Crippen LogP contribution in [0, 0.1) is 15.3 Å². The lowest BCUT2D eigenvalue weighted by Gasteiger charge is -2.12. The van der Waals surface area contributed by atoms with Gasteiger partial charge >= 0.3 is 11.8 Å². The number of nitroso groups, excluding NO2 is 1. The van der Waals surface area contributed by atoms with E-state index in [0.717, 1.165) is 0 Å². The first-order valence-corrected chi connectivity index (χ1v) is 3.03. The Bertz CT molecular complexity index is 348. The molecule has 0 saturated carbocycles. The average Bonchev–Trinajstić information content (AvgIpc) is 2.13. The van der Waals surface area contributed by atoms with Crippen LogP contribution in [0.4, 0.5) is 23.3 Å². The molecular weight excluding hydrogens is 180 g/mol. The predicted molar refractivity (Wildman–Crippen MR) is 43.1 cm³/mol. The van der Waals surface area contributed by atoms with Gasteiger partial charge in [-0.15, -0.1) is 4.91 Å². The van der Waals surface area contributed by atoms with E-state index in [2.05, 4.69) is 5.18 Å². The zero-order valence-electron chi connectivity index (χ0n) is 6.30. The van der Waals surface area contributed by atoms with Crippen LogP contribution in [0.5, 0.6) is 0 Å². The largest absolute Gasteiger partial charge is 0.706 e. The highest BCUT2D eigenvalue weighted by atomic mass is 16.5. The van der Waals surface area contributed by atoms with Crippen molar-refractivity contribution < 1.29 is 9.46 Å². The molecule has 0 spiro atoms. The van der Waals surface area contributed by atoms with Crippen molar-refractivity contribution in [3.63, 3.8) is 0 Å². The van der Waals surface area contributed by atoms with Gasteiger partial charge in [0, 0.05) is 0 Å². The molecule has 0 bridgehead atoms. The summed E-state index contributed by atoms with van der Waals surface area (Å²) in [5.41, 5.74) is 14.6. The molecule has 0 aliphatic heterocycles. The molecule has 1 heterocycles. The van der Waals surface area contributed by atoms with E-state index in [1.807, 2.05) is 0 Å². The normalized spacial score (nSPS) is 9.85. The van der Waals surface area contributed by atoms with E-state index in [9.17, 15) is 15.3 Å². The average molecular weight is 186 g/mol. The van der Waals surface area contributed by atoms with Gasteiger partial charge in [-0.05, 0) is 5.18 Å². The molecule has 1 rings (SSSR count). The highest BCUT2D eigenvalue weighted by Gasteiger charge is 2.22. The van der Waals surface area contributed by atoms with Crippen molar-refractivity contribution in [1.29, 1.82) is 0 Å². The molecule has 13 heavy (non-hydrogen) atoms.